The second-order valence-electron chi connectivity index (χ2n) is 9.39. The average Bonchev–Trinajstić information content (AvgIpc) is 2.87. The van der Waals surface area contributed by atoms with E-state index in [1.54, 1.807) is 35.4 Å². The number of anilines is 2. The van der Waals surface area contributed by atoms with Crippen LogP contribution in [-0.4, -0.2) is 52.1 Å². The van der Waals surface area contributed by atoms with Gasteiger partial charge >= 0.3 is 12.1 Å². The lowest BCUT2D eigenvalue weighted by Gasteiger charge is -2.43. The zero-order chi connectivity index (χ0) is 26.4. The molecule has 1 saturated heterocycles. The highest BCUT2D eigenvalue weighted by Crippen LogP contribution is 2.24. The molecule has 3 amide bonds. The van der Waals surface area contributed by atoms with E-state index in [0.717, 1.165) is 11.3 Å². The first-order valence-electron chi connectivity index (χ1n) is 12.3. The van der Waals surface area contributed by atoms with E-state index in [1.807, 2.05) is 51.1 Å². The maximum Gasteiger partial charge on any atom is 0.410 e. The van der Waals surface area contributed by atoms with Gasteiger partial charge in [0, 0.05) is 43.0 Å². The maximum absolute atomic E-state index is 15.3. The molecule has 3 aromatic rings. The van der Waals surface area contributed by atoms with Gasteiger partial charge in [0.2, 0.25) is 0 Å². The van der Waals surface area contributed by atoms with Crippen molar-refractivity contribution in [3.8, 4) is 0 Å². The highest BCUT2D eigenvalue weighted by atomic mass is 19.1. The number of benzene rings is 2. The zero-order valence-electron chi connectivity index (χ0n) is 21.3. The molecule has 1 fully saturated rings. The van der Waals surface area contributed by atoms with Crippen molar-refractivity contribution in [2.45, 2.75) is 46.0 Å². The Balaban J connectivity index is 1.34. The number of ether oxygens (including phenoxy) is 1. The maximum atomic E-state index is 15.3. The zero-order valence-corrected chi connectivity index (χ0v) is 21.3. The Morgan fingerprint density at radius 1 is 1.00 bits per heavy atom. The quantitative estimate of drug-likeness (QED) is 0.468. The van der Waals surface area contributed by atoms with Crippen LogP contribution in [0, 0.1) is 12.7 Å². The van der Waals surface area contributed by atoms with Gasteiger partial charge in [-0.25, -0.2) is 14.0 Å². The number of carbonyl (C=O) groups is 2. The number of nitrogens with one attached hydrogen (secondary N) is 2. The van der Waals surface area contributed by atoms with Crippen molar-refractivity contribution in [2.24, 2.45) is 0 Å². The van der Waals surface area contributed by atoms with Crippen LogP contribution in [0.25, 0.3) is 0 Å². The SMILES string of the molecule is Cc1ccc(NC(=O)Nc2cccc(CN3C[C@@H](C)N(C(=O)OCc4ccccc4)[C@@H](C)C3)c2F)cn1. The number of hydrogen-bond acceptors (Lipinski definition) is 5. The van der Waals surface area contributed by atoms with Gasteiger partial charge in [-0.15, -0.1) is 0 Å². The number of pyridine rings is 1. The summed E-state index contributed by atoms with van der Waals surface area (Å²) in [5.41, 5.74) is 2.85. The fourth-order valence-corrected chi connectivity index (χ4v) is 4.58. The monoisotopic (exact) mass is 505 g/mol. The third-order valence-electron chi connectivity index (χ3n) is 6.30. The summed E-state index contributed by atoms with van der Waals surface area (Å²) in [7, 11) is 0. The van der Waals surface area contributed by atoms with Gasteiger partial charge in [0.15, 0.2) is 5.82 Å². The van der Waals surface area contributed by atoms with E-state index in [1.165, 1.54) is 6.07 Å². The molecule has 2 aromatic carbocycles. The molecule has 0 unspecified atom stereocenters. The number of halogens is 1. The fourth-order valence-electron chi connectivity index (χ4n) is 4.58. The lowest BCUT2D eigenvalue weighted by molar-refractivity contribution is 0.0184. The lowest BCUT2D eigenvalue weighted by Crippen LogP contribution is -2.58. The van der Waals surface area contributed by atoms with E-state index in [2.05, 4.69) is 20.5 Å². The van der Waals surface area contributed by atoms with Crippen LogP contribution in [0.2, 0.25) is 0 Å². The predicted octanol–water partition coefficient (Wildman–Crippen LogP) is 5.40. The summed E-state index contributed by atoms with van der Waals surface area (Å²) >= 11 is 0. The first kappa shape index (κ1) is 26.1. The minimum atomic E-state index is -0.549. The molecule has 194 valence electrons. The van der Waals surface area contributed by atoms with E-state index in [-0.39, 0.29) is 30.5 Å². The summed E-state index contributed by atoms with van der Waals surface area (Å²) in [5, 5.41) is 5.23. The van der Waals surface area contributed by atoms with Gasteiger partial charge in [-0.1, -0.05) is 42.5 Å². The van der Waals surface area contributed by atoms with Crippen LogP contribution in [0.1, 0.15) is 30.7 Å². The number of carbonyl (C=O) groups excluding carboxylic acids is 2. The van der Waals surface area contributed by atoms with Crippen molar-refractivity contribution in [3.63, 3.8) is 0 Å². The van der Waals surface area contributed by atoms with Gasteiger partial charge in [-0.05, 0) is 44.5 Å². The fraction of sp³-hybridized carbons (Fsp3) is 0.321. The van der Waals surface area contributed by atoms with Gasteiger partial charge in [0.05, 0.1) is 17.6 Å². The normalized spacial score (nSPS) is 17.8. The molecule has 0 bridgehead atoms. The Morgan fingerprint density at radius 2 is 1.73 bits per heavy atom. The van der Waals surface area contributed by atoms with Crippen molar-refractivity contribution >= 4 is 23.5 Å². The van der Waals surface area contributed by atoms with Crippen LogP contribution in [0.3, 0.4) is 0 Å². The van der Waals surface area contributed by atoms with E-state index >= 15 is 4.39 Å². The Morgan fingerprint density at radius 3 is 2.41 bits per heavy atom. The Bertz CT molecular complexity index is 1210. The first-order chi connectivity index (χ1) is 17.8. The number of amides is 3. The summed E-state index contributed by atoms with van der Waals surface area (Å²) in [6, 6.07) is 17.3. The summed E-state index contributed by atoms with van der Waals surface area (Å²) in [6.07, 6.45) is 1.19. The Kier molecular flexibility index (Phi) is 8.35. The Labute approximate surface area is 216 Å². The first-order valence-corrected chi connectivity index (χ1v) is 12.3. The summed E-state index contributed by atoms with van der Waals surface area (Å²) < 4.78 is 20.8. The van der Waals surface area contributed by atoms with Crippen LogP contribution in [0.5, 0.6) is 0 Å². The summed E-state index contributed by atoms with van der Waals surface area (Å²) in [5.74, 6) is -0.482. The largest absolute Gasteiger partial charge is 0.445 e. The van der Waals surface area contributed by atoms with E-state index in [0.29, 0.717) is 30.9 Å². The number of aromatic nitrogens is 1. The lowest BCUT2D eigenvalue weighted by atomic mass is 10.1. The van der Waals surface area contributed by atoms with Crippen LogP contribution in [-0.2, 0) is 17.9 Å². The van der Waals surface area contributed by atoms with E-state index in [4.69, 9.17) is 4.74 Å². The standard InChI is InChI=1S/C28H32FN5O3/c1-19-12-13-24(14-30-19)31-27(35)32-25-11-7-10-23(26(25)29)17-33-15-20(2)34(21(3)16-33)28(36)37-18-22-8-5-4-6-9-22/h4-14,20-21H,15-18H2,1-3H3,(H2,31,32,35)/t20-,21+. The van der Waals surface area contributed by atoms with Crippen molar-refractivity contribution in [3.05, 3.63) is 89.5 Å². The molecular weight excluding hydrogens is 473 g/mol. The molecule has 8 nitrogen and oxygen atoms in total. The third-order valence-corrected chi connectivity index (χ3v) is 6.30. The molecule has 1 aliphatic heterocycles. The Hall–Kier alpha value is -3.98. The smallest absolute Gasteiger partial charge is 0.410 e. The van der Waals surface area contributed by atoms with Gasteiger partial charge in [-0.3, -0.25) is 9.88 Å². The molecule has 0 radical (unpaired) electrons. The number of hydrogen-bond donors (Lipinski definition) is 2. The number of nitrogens with zero attached hydrogens (tertiary/aromatic N) is 3. The molecule has 2 N–H and O–H groups in total. The van der Waals surface area contributed by atoms with Gasteiger partial charge in [0.25, 0.3) is 0 Å². The van der Waals surface area contributed by atoms with Crippen molar-refractivity contribution in [2.75, 3.05) is 23.7 Å². The number of urea groups is 1. The predicted molar refractivity (Wildman–Crippen MR) is 141 cm³/mol. The highest BCUT2D eigenvalue weighted by Gasteiger charge is 2.34. The van der Waals surface area contributed by atoms with Crippen LogP contribution in [0.15, 0.2) is 66.9 Å². The molecule has 4 rings (SSSR count). The van der Waals surface area contributed by atoms with Crippen LogP contribution in [0.4, 0.5) is 25.4 Å². The second-order valence-corrected chi connectivity index (χ2v) is 9.39. The number of rotatable bonds is 6. The van der Waals surface area contributed by atoms with Crippen molar-refractivity contribution < 1.29 is 18.7 Å². The van der Waals surface area contributed by atoms with Gasteiger partial charge in [0.1, 0.15) is 6.61 Å². The van der Waals surface area contributed by atoms with Gasteiger partial charge in [-0.2, -0.15) is 0 Å². The topological polar surface area (TPSA) is 86.8 Å². The van der Waals surface area contributed by atoms with Crippen molar-refractivity contribution in [1.29, 1.82) is 0 Å². The van der Waals surface area contributed by atoms with E-state index in [9.17, 15) is 9.59 Å². The number of piperazine rings is 1. The summed E-state index contributed by atoms with van der Waals surface area (Å²) in [4.78, 5) is 33.1. The van der Waals surface area contributed by atoms with E-state index < -0.39 is 11.8 Å². The molecule has 1 aromatic heterocycles. The third kappa shape index (κ3) is 6.83. The van der Waals surface area contributed by atoms with Crippen LogP contribution >= 0.6 is 0 Å². The second kappa shape index (κ2) is 11.8. The molecule has 2 atom stereocenters. The average molecular weight is 506 g/mol. The minimum Gasteiger partial charge on any atom is -0.445 e. The van der Waals surface area contributed by atoms with Crippen molar-refractivity contribution in [1.82, 2.24) is 14.8 Å². The molecule has 9 heteroatoms. The molecule has 37 heavy (non-hydrogen) atoms. The molecule has 0 spiro atoms. The molecule has 0 aliphatic carbocycles. The minimum absolute atomic E-state index is 0.0966. The molecule has 0 saturated carbocycles. The number of aryl methyl sites for hydroxylation is 1. The van der Waals surface area contributed by atoms with Gasteiger partial charge < -0.3 is 20.3 Å². The molecule has 2 heterocycles. The highest BCUT2D eigenvalue weighted by molar-refractivity contribution is 5.99. The molecule has 1 aliphatic rings. The summed E-state index contributed by atoms with van der Waals surface area (Å²) in [6.45, 7) is 7.50. The molecular formula is C28H32FN5O3. The van der Waals surface area contributed by atoms with Crippen LogP contribution < -0.4 is 10.6 Å².